The molecule has 0 radical (unpaired) electrons. The zero-order chi connectivity index (χ0) is 52.2. The summed E-state index contributed by atoms with van der Waals surface area (Å²) in [7, 11) is 0. The standard InChI is InChI=1S/C56H65F7N6O5/c1-32-17-40-38-9-5-7-11-46(38)64-50(40)52(68(32)28-55(3,63)30-70)48-42(59)21-37(22-43(48)60)73-16-14-67-27-35(24-58)54(67)74-31-56(4,71)29-69-33(2)18-41-39-10-6-8-12-47(39)65-51(41)53(69)49-44(61)19-36(20-45(49)62)72-15-13-66-25-34(23-57)26-66/h5-12,19-22,32-35,52-54,64-65,70-71H,13-18,23-31H2,1-4H3/t32-,33-,35?,52-,53-,54?,55?,56-/m1/s1. The largest absolute Gasteiger partial charge is 0.492 e. The Balaban J connectivity index is 0.818. The number of benzene rings is 4. The first kappa shape index (κ1) is 52.2. The number of nitrogens with zero attached hydrogens (tertiary/aromatic N) is 4. The molecule has 6 aromatic rings. The number of rotatable bonds is 20. The molecule has 0 amide bonds. The second-order valence-corrected chi connectivity index (χ2v) is 21.6. The summed E-state index contributed by atoms with van der Waals surface area (Å²) in [5.74, 6) is -4.02. The van der Waals surface area contributed by atoms with Crippen molar-refractivity contribution in [3.8, 4) is 11.5 Å². The summed E-state index contributed by atoms with van der Waals surface area (Å²) in [4.78, 5) is 14.1. The van der Waals surface area contributed by atoms with Crippen LogP contribution in [0.1, 0.15) is 73.4 Å². The lowest BCUT2D eigenvalue weighted by atomic mass is 9.87. The minimum absolute atomic E-state index is 0.00273. The summed E-state index contributed by atoms with van der Waals surface area (Å²) >= 11 is 0. The van der Waals surface area contributed by atoms with E-state index in [1.165, 1.54) is 19.1 Å². The summed E-state index contributed by atoms with van der Waals surface area (Å²) in [6, 6.07) is 17.1. The van der Waals surface area contributed by atoms with Gasteiger partial charge in [0.1, 0.15) is 59.9 Å². The minimum atomic E-state index is -2.05. The highest BCUT2D eigenvalue weighted by atomic mass is 19.2. The van der Waals surface area contributed by atoms with Gasteiger partial charge in [-0.05, 0) is 63.8 Å². The third-order valence-electron chi connectivity index (χ3n) is 15.6. The summed E-state index contributed by atoms with van der Waals surface area (Å²) in [6.07, 6.45) is 0.231. The van der Waals surface area contributed by atoms with Gasteiger partial charge in [-0.25, -0.2) is 22.0 Å². The van der Waals surface area contributed by atoms with E-state index in [0.29, 0.717) is 50.4 Å². The smallest absolute Gasteiger partial charge is 0.143 e. The number of aliphatic hydroxyl groups excluding tert-OH is 1. The quantitative estimate of drug-likeness (QED) is 0.0558. The highest BCUT2D eigenvalue weighted by molar-refractivity contribution is 5.86. The highest BCUT2D eigenvalue weighted by Crippen LogP contribution is 2.46. The molecule has 4 N–H and O–H groups in total. The number of H-pyrrole nitrogens is 2. The molecule has 10 rings (SSSR count). The summed E-state index contributed by atoms with van der Waals surface area (Å²) in [5, 5.41) is 23.8. The van der Waals surface area contributed by atoms with Crippen LogP contribution in [0.25, 0.3) is 21.8 Å². The van der Waals surface area contributed by atoms with Gasteiger partial charge in [-0.15, -0.1) is 0 Å². The fourth-order valence-electron chi connectivity index (χ4n) is 11.8. The van der Waals surface area contributed by atoms with Crippen molar-refractivity contribution in [2.24, 2.45) is 11.8 Å². The van der Waals surface area contributed by atoms with E-state index in [1.54, 1.807) is 16.7 Å². The number of hydrogen-bond donors (Lipinski definition) is 4. The lowest BCUT2D eigenvalue weighted by Gasteiger charge is -2.48. The minimum Gasteiger partial charge on any atom is -0.492 e. The van der Waals surface area contributed by atoms with Crippen LogP contribution in [0.5, 0.6) is 11.5 Å². The second-order valence-electron chi connectivity index (χ2n) is 21.6. The van der Waals surface area contributed by atoms with Crippen molar-refractivity contribution in [1.82, 2.24) is 29.6 Å². The van der Waals surface area contributed by atoms with E-state index in [0.717, 1.165) is 45.1 Å². The molecule has 2 saturated heterocycles. The Hall–Kier alpha value is -5.21. The van der Waals surface area contributed by atoms with Gasteiger partial charge < -0.3 is 34.4 Å². The van der Waals surface area contributed by atoms with Crippen molar-refractivity contribution in [1.29, 1.82) is 0 Å². The molecule has 4 aliphatic rings. The van der Waals surface area contributed by atoms with Crippen LogP contribution in [-0.4, -0.2) is 155 Å². The molecule has 0 bridgehead atoms. The van der Waals surface area contributed by atoms with E-state index in [-0.39, 0.29) is 86.8 Å². The van der Waals surface area contributed by atoms with Gasteiger partial charge in [0.05, 0.1) is 44.2 Å². The number of para-hydroxylation sites is 2. The molecule has 11 nitrogen and oxygen atoms in total. The molecule has 74 heavy (non-hydrogen) atoms. The molecule has 4 aliphatic heterocycles. The predicted octanol–water partition coefficient (Wildman–Crippen LogP) is 8.95. The summed E-state index contributed by atoms with van der Waals surface area (Å²) in [6.45, 7) is 6.44. The molecule has 4 aromatic carbocycles. The zero-order valence-electron chi connectivity index (χ0n) is 42.1. The van der Waals surface area contributed by atoms with E-state index in [1.807, 2.05) is 72.2 Å². The number of ether oxygens (including phenoxy) is 3. The molecule has 0 aliphatic carbocycles. The Kier molecular flexibility index (Phi) is 14.9. The van der Waals surface area contributed by atoms with Crippen LogP contribution < -0.4 is 9.47 Å². The van der Waals surface area contributed by atoms with Crippen LogP contribution in [0.3, 0.4) is 0 Å². The topological polar surface area (TPSA) is 113 Å². The zero-order valence-corrected chi connectivity index (χ0v) is 42.1. The van der Waals surface area contributed by atoms with Crippen molar-refractivity contribution in [3.05, 3.63) is 130 Å². The average molecular weight is 1040 g/mol. The van der Waals surface area contributed by atoms with Gasteiger partial charge in [-0.3, -0.25) is 28.4 Å². The van der Waals surface area contributed by atoms with Crippen molar-refractivity contribution in [2.45, 2.75) is 82.2 Å². The van der Waals surface area contributed by atoms with Crippen LogP contribution in [-0.2, 0) is 17.6 Å². The number of halogens is 7. The average Bonchev–Trinajstić information content (AvgIpc) is 3.89. The molecule has 6 heterocycles. The molecule has 398 valence electrons. The number of β-amino-alcohol motifs (C(OH)–C–C–N with tert-alkyl or cyclic N) is 1. The fourth-order valence-corrected chi connectivity index (χ4v) is 11.8. The van der Waals surface area contributed by atoms with Crippen molar-refractivity contribution < 1.29 is 55.2 Å². The maximum Gasteiger partial charge on any atom is 0.143 e. The van der Waals surface area contributed by atoms with Crippen LogP contribution >= 0.6 is 0 Å². The Bertz CT molecular complexity index is 2920. The monoisotopic (exact) mass is 1030 g/mol. The lowest BCUT2D eigenvalue weighted by molar-refractivity contribution is -0.200. The molecular formula is C56H65F7N6O5. The lowest BCUT2D eigenvalue weighted by Crippen LogP contribution is -2.61. The Morgan fingerprint density at radius 3 is 1.65 bits per heavy atom. The highest BCUT2D eigenvalue weighted by Gasteiger charge is 2.46. The first-order valence-corrected chi connectivity index (χ1v) is 25.6. The van der Waals surface area contributed by atoms with Crippen LogP contribution in [0.4, 0.5) is 30.7 Å². The summed E-state index contributed by atoms with van der Waals surface area (Å²) in [5.41, 5.74) is 0.377. The van der Waals surface area contributed by atoms with Crippen molar-refractivity contribution in [2.75, 3.05) is 85.6 Å². The molecule has 2 aromatic heterocycles. The first-order chi connectivity index (χ1) is 35.5. The van der Waals surface area contributed by atoms with Gasteiger partial charge in [0.2, 0.25) is 0 Å². The van der Waals surface area contributed by atoms with Gasteiger partial charge in [0.15, 0.2) is 0 Å². The first-order valence-electron chi connectivity index (χ1n) is 25.6. The Labute approximate surface area is 426 Å². The van der Waals surface area contributed by atoms with E-state index >= 15 is 22.0 Å². The normalized spacial score (nSPS) is 24.6. The SMILES string of the molecule is C[C@@H]1Cc2c([nH]c3ccccc23)[C@@H](c2c(F)cc(OCCN3CC(CF)C3OC[C@](C)(O)CN3[C@H](c4c(F)cc(OCCN5CC(CF)C5)cc4F)c4[nH]c5ccccc5c4C[C@H]3C)cc2F)N1CC(C)(F)CO. The van der Waals surface area contributed by atoms with E-state index in [4.69, 9.17) is 14.2 Å². The molecule has 2 fully saturated rings. The van der Waals surface area contributed by atoms with Gasteiger partial charge in [-0.1, -0.05) is 36.4 Å². The van der Waals surface area contributed by atoms with E-state index in [2.05, 4.69) is 9.97 Å². The number of aromatic amines is 2. The van der Waals surface area contributed by atoms with Gasteiger partial charge in [-0.2, -0.15) is 0 Å². The maximum absolute atomic E-state index is 16.5. The Morgan fingerprint density at radius 2 is 1.16 bits per heavy atom. The molecule has 8 atom stereocenters. The fraction of sp³-hybridized carbons (Fsp3) is 0.500. The molecule has 3 unspecified atom stereocenters. The third-order valence-corrected chi connectivity index (χ3v) is 15.6. The number of hydrogen-bond acceptors (Lipinski definition) is 9. The number of alkyl halides is 3. The van der Waals surface area contributed by atoms with Crippen LogP contribution in [0.2, 0.25) is 0 Å². The number of aliphatic hydroxyl groups is 2. The molecule has 0 spiro atoms. The Morgan fingerprint density at radius 1 is 0.676 bits per heavy atom. The third kappa shape index (κ3) is 10.3. The number of nitrogens with one attached hydrogen (secondary N) is 2. The van der Waals surface area contributed by atoms with Crippen molar-refractivity contribution >= 4 is 21.8 Å². The van der Waals surface area contributed by atoms with E-state index < -0.39 is 72.0 Å². The number of likely N-dealkylation sites (tertiary alicyclic amines) is 2. The van der Waals surface area contributed by atoms with Crippen LogP contribution in [0, 0.1) is 35.1 Å². The number of aromatic nitrogens is 2. The van der Waals surface area contributed by atoms with Gasteiger partial charge >= 0.3 is 0 Å². The molecular weight excluding hydrogens is 970 g/mol. The van der Waals surface area contributed by atoms with Crippen LogP contribution in [0.15, 0.2) is 72.8 Å². The predicted molar refractivity (Wildman–Crippen MR) is 268 cm³/mol. The van der Waals surface area contributed by atoms with Gasteiger partial charge in [0.25, 0.3) is 0 Å². The molecule has 18 heteroatoms. The number of fused-ring (bicyclic) bond motifs is 6. The second kappa shape index (κ2) is 21.1. The summed E-state index contributed by atoms with van der Waals surface area (Å²) < 4.78 is 127. The van der Waals surface area contributed by atoms with E-state index in [9.17, 15) is 19.0 Å². The maximum atomic E-state index is 16.5. The van der Waals surface area contributed by atoms with Gasteiger partial charge in [0, 0.05) is 138 Å². The molecule has 0 saturated carbocycles. The van der Waals surface area contributed by atoms with Crippen molar-refractivity contribution in [3.63, 3.8) is 0 Å².